The van der Waals surface area contributed by atoms with Crippen molar-refractivity contribution >= 4 is 11.9 Å². The zero-order valence-corrected chi connectivity index (χ0v) is 10.3. The third-order valence-electron chi connectivity index (χ3n) is 3.18. The van der Waals surface area contributed by atoms with Crippen LogP contribution < -0.4 is 0 Å². The molecule has 1 amide bonds. The number of nitrogens with zero attached hydrogens (tertiary/aromatic N) is 1. The van der Waals surface area contributed by atoms with Crippen LogP contribution in [0.1, 0.15) is 22.3 Å². The second-order valence-electron chi connectivity index (χ2n) is 4.68. The van der Waals surface area contributed by atoms with Gasteiger partial charge in [0.25, 0.3) is 5.91 Å². The van der Waals surface area contributed by atoms with Crippen LogP contribution in [0.3, 0.4) is 0 Å². The third kappa shape index (κ3) is 2.58. The van der Waals surface area contributed by atoms with Gasteiger partial charge in [-0.25, -0.2) is 9.18 Å². The molecule has 0 unspecified atom stereocenters. The van der Waals surface area contributed by atoms with Gasteiger partial charge >= 0.3 is 5.97 Å². The van der Waals surface area contributed by atoms with Crippen LogP contribution >= 0.6 is 0 Å². The van der Waals surface area contributed by atoms with Gasteiger partial charge in [-0.2, -0.15) is 0 Å². The summed E-state index contributed by atoms with van der Waals surface area (Å²) in [4.78, 5) is 24.2. The molecule has 102 valence electrons. The van der Waals surface area contributed by atoms with E-state index < -0.39 is 29.8 Å². The summed E-state index contributed by atoms with van der Waals surface area (Å²) in [6.07, 6.45) is -0.924. The van der Waals surface area contributed by atoms with Gasteiger partial charge in [-0.3, -0.25) is 4.79 Å². The Morgan fingerprint density at radius 2 is 2.11 bits per heavy atom. The first kappa shape index (κ1) is 13.5. The fraction of sp³-hybridized carbons (Fsp3) is 0.385. The van der Waals surface area contributed by atoms with Crippen LogP contribution in [0.5, 0.6) is 0 Å². The first-order chi connectivity index (χ1) is 8.90. The smallest absolute Gasteiger partial charge is 0.326 e. The predicted molar refractivity (Wildman–Crippen MR) is 64.2 cm³/mol. The minimum Gasteiger partial charge on any atom is -0.480 e. The first-order valence-corrected chi connectivity index (χ1v) is 5.88. The maximum Gasteiger partial charge on any atom is 0.326 e. The van der Waals surface area contributed by atoms with E-state index in [1.54, 1.807) is 6.92 Å². The lowest BCUT2D eigenvalue weighted by Gasteiger charge is -2.21. The lowest BCUT2D eigenvalue weighted by atomic mass is 10.1. The largest absolute Gasteiger partial charge is 0.480 e. The number of hydrogen-bond donors (Lipinski definition) is 2. The normalized spacial score (nSPS) is 22.6. The van der Waals surface area contributed by atoms with E-state index in [1.807, 2.05) is 0 Å². The van der Waals surface area contributed by atoms with Crippen molar-refractivity contribution in [1.82, 2.24) is 4.90 Å². The molecule has 6 heteroatoms. The predicted octanol–water partition coefficient (Wildman–Crippen LogP) is 0.794. The Morgan fingerprint density at radius 3 is 2.74 bits per heavy atom. The van der Waals surface area contributed by atoms with Crippen LogP contribution in [0.4, 0.5) is 4.39 Å². The molecule has 0 aliphatic carbocycles. The van der Waals surface area contributed by atoms with Gasteiger partial charge in [0.1, 0.15) is 11.9 Å². The van der Waals surface area contributed by atoms with Gasteiger partial charge in [0.15, 0.2) is 0 Å². The first-order valence-electron chi connectivity index (χ1n) is 5.88. The molecule has 0 bridgehead atoms. The number of carboxylic acid groups (broad SMARTS) is 1. The molecule has 0 saturated carbocycles. The summed E-state index contributed by atoms with van der Waals surface area (Å²) in [6.45, 7) is 1.62. The van der Waals surface area contributed by atoms with Gasteiger partial charge in [-0.15, -0.1) is 0 Å². The highest BCUT2D eigenvalue weighted by atomic mass is 19.1. The van der Waals surface area contributed by atoms with Crippen molar-refractivity contribution in [2.75, 3.05) is 6.54 Å². The number of carbonyl (C=O) groups excluding carboxylic acids is 1. The molecule has 1 heterocycles. The molecule has 0 radical (unpaired) electrons. The molecule has 2 N–H and O–H groups in total. The summed E-state index contributed by atoms with van der Waals surface area (Å²) >= 11 is 0. The van der Waals surface area contributed by atoms with Gasteiger partial charge in [0, 0.05) is 13.0 Å². The topological polar surface area (TPSA) is 77.8 Å². The second kappa shape index (κ2) is 4.97. The van der Waals surface area contributed by atoms with E-state index in [2.05, 4.69) is 0 Å². The number of halogens is 1. The minimum absolute atomic E-state index is 0.0332. The molecular weight excluding hydrogens is 253 g/mol. The number of aliphatic hydroxyl groups excluding tert-OH is 1. The summed E-state index contributed by atoms with van der Waals surface area (Å²) in [6, 6.07) is 2.97. The lowest BCUT2D eigenvalue weighted by Crippen LogP contribution is -2.41. The van der Waals surface area contributed by atoms with E-state index in [4.69, 9.17) is 5.11 Å². The number of aryl methyl sites for hydroxylation is 1. The number of hydrogen-bond acceptors (Lipinski definition) is 3. The van der Waals surface area contributed by atoms with E-state index >= 15 is 0 Å². The Morgan fingerprint density at radius 1 is 1.42 bits per heavy atom. The molecule has 0 aromatic heterocycles. The molecule has 5 nitrogen and oxygen atoms in total. The zero-order valence-electron chi connectivity index (χ0n) is 10.3. The van der Waals surface area contributed by atoms with Crippen LogP contribution in [0.25, 0.3) is 0 Å². The van der Waals surface area contributed by atoms with Crippen molar-refractivity contribution in [2.45, 2.75) is 25.5 Å². The van der Waals surface area contributed by atoms with Gasteiger partial charge in [0.2, 0.25) is 0 Å². The highest BCUT2D eigenvalue weighted by Crippen LogP contribution is 2.22. The molecule has 19 heavy (non-hydrogen) atoms. The summed E-state index contributed by atoms with van der Waals surface area (Å²) in [5.74, 6) is -2.59. The summed E-state index contributed by atoms with van der Waals surface area (Å²) < 4.78 is 13.6. The van der Waals surface area contributed by atoms with Crippen molar-refractivity contribution in [3.05, 3.63) is 35.1 Å². The minimum atomic E-state index is -1.20. The number of aliphatic hydroxyl groups is 1. The van der Waals surface area contributed by atoms with Crippen molar-refractivity contribution < 1.29 is 24.2 Å². The standard InChI is InChI=1S/C13H14FNO4/c1-7-2-3-10(14)9(4-7)12(17)15-6-8(16)5-11(15)13(18)19/h2-4,8,11,16H,5-6H2,1H3,(H,18,19)/t8-,11-/m0/s1. The van der Waals surface area contributed by atoms with Crippen molar-refractivity contribution in [3.8, 4) is 0 Å². The van der Waals surface area contributed by atoms with Crippen LogP contribution in [-0.2, 0) is 4.79 Å². The maximum absolute atomic E-state index is 13.6. The van der Waals surface area contributed by atoms with Crippen LogP contribution in [0.2, 0.25) is 0 Å². The van der Waals surface area contributed by atoms with Gasteiger partial charge < -0.3 is 15.1 Å². The average molecular weight is 267 g/mol. The van der Waals surface area contributed by atoms with Crippen molar-refractivity contribution in [2.24, 2.45) is 0 Å². The van der Waals surface area contributed by atoms with Gasteiger partial charge in [-0.1, -0.05) is 11.6 Å². The molecule has 1 aliphatic heterocycles. The maximum atomic E-state index is 13.6. The van der Waals surface area contributed by atoms with Gasteiger partial charge in [0.05, 0.1) is 11.7 Å². The van der Waals surface area contributed by atoms with Crippen LogP contribution in [0.15, 0.2) is 18.2 Å². The molecule has 2 rings (SSSR count). The number of carboxylic acids is 1. The Kier molecular flexibility index (Phi) is 3.53. The van der Waals surface area contributed by atoms with E-state index in [1.165, 1.54) is 18.2 Å². The quantitative estimate of drug-likeness (QED) is 0.830. The Balaban J connectivity index is 2.33. The molecular formula is C13H14FNO4. The number of benzene rings is 1. The fourth-order valence-electron chi connectivity index (χ4n) is 2.23. The molecule has 1 aromatic rings. The van der Waals surface area contributed by atoms with E-state index in [0.717, 1.165) is 4.90 Å². The zero-order chi connectivity index (χ0) is 14.2. The molecule has 1 aliphatic rings. The number of β-amino-alcohol motifs (C(OH)–C–C–N with tert-alkyl or cyclic N) is 1. The summed E-state index contributed by atoms with van der Waals surface area (Å²) in [5, 5.41) is 18.5. The second-order valence-corrected chi connectivity index (χ2v) is 4.68. The van der Waals surface area contributed by atoms with E-state index in [-0.39, 0.29) is 18.5 Å². The number of likely N-dealkylation sites (tertiary alicyclic amines) is 1. The molecule has 1 fully saturated rings. The Hall–Kier alpha value is -1.95. The van der Waals surface area contributed by atoms with Crippen LogP contribution in [-0.4, -0.2) is 45.7 Å². The summed E-state index contributed by atoms with van der Waals surface area (Å²) in [5.41, 5.74) is 0.539. The highest BCUT2D eigenvalue weighted by molar-refractivity contribution is 5.97. The van der Waals surface area contributed by atoms with E-state index in [0.29, 0.717) is 5.56 Å². The molecule has 1 aromatic carbocycles. The summed E-state index contributed by atoms with van der Waals surface area (Å²) in [7, 11) is 0. The number of carbonyl (C=O) groups is 2. The fourth-order valence-corrected chi connectivity index (χ4v) is 2.23. The molecule has 2 atom stereocenters. The monoisotopic (exact) mass is 267 g/mol. The Labute approximate surface area is 109 Å². The van der Waals surface area contributed by atoms with E-state index in [9.17, 15) is 19.1 Å². The van der Waals surface area contributed by atoms with Gasteiger partial charge in [-0.05, 0) is 19.1 Å². The molecule has 0 spiro atoms. The lowest BCUT2D eigenvalue weighted by molar-refractivity contribution is -0.141. The number of rotatable bonds is 2. The van der Waals surface area contributed by atoms with Crippen molar-refractivity contribution in [3.63, 3.8) is 0 Å². The average Bonchev–Trinajstić information content (AvgIpc) is 2.74. The Bertz CT molecular complexity index is 531. The number of amides is 1. The SMILES string of the molecule is Cc1ccc(F)c(C(=O)N2C[C@@H](O)C[C@H]2C(=O)O)c1. The number of aliphatic carboxylic acids is 1. The van der Waals surface area contributed by atoms with Crippen molar-refractivity contribution in [1.29, 1.82) is 0 Å². The highest BCUT2D eigenvalue weighted by Gasteiger charge is 2.39. The third-order valence-corrected chi connectivity index (χ3v) is 3.18. The van der Waals surface area contributed by atoms with Crippen LogP contribution in [0, 0.1) is 12.7 Å². The molecule has 1 saturated heterocycles.